The highest BCUT2D eigenvalue weighted by Gasteiger charge is 2.12. The third-order valence-electron chi connectivity index (χ3n) is 3.16. The molecule has 16 heavy (non-hydrogen) atoms. The Balaban J connectivity index is 1.98. The maximum Gasteiger partial charge on any atom is 0.125 e. The van der Waals surface area contributed by atoms with E-state index in [1.54, 1.807) is 0 Å². The molecule has 1 aliphatic rings. The Kier molecular flexibility index (Phi) is 3.85. The quantitative estimate of drug-likeness (QED) is 0.818. The minimum Gasteiger partial charge on any atom is -0.326 e. The van der Waals surface area contributed by atoms with Crippen LogP contribution in [0.1, 0.15) is 29.9 Å². The molecule has 4 nitrogen and oxygen atoms in total. The van der Waals surface area contributed by atoms with Gasteiger partial charge in [0.05, 0.1) is 0 Å². The Morgan fingerprint density at radius 1 is 1.38 bits per heavy atom. The fraction of sp³-hybridized carbons (Fsp3) is 0.667. The first kappa shape index (κ1) is 11.5. The molecule has 1 aromatic rings. The number of nitrogens with zero attached hydrogens (tertiary/aromatic N) is 3. The van der Waals surface area contributed by atoms with Gasteiger partial charge in [0, 0.05) is 37.0 Å². The van der Waals surface area contributed by atoms with Crippen LogP contribution < -0.4 is 5.73 Å². The standard InChI is InChI=1S/C12H20N4/c1-10-14-9-11(8-13)12(15-10)4-7-16-5-2-3-6-16/h9H,2-8,13H2,1H3. The molecular formula is C12H20N4. The molecule has 2 rings (SSSR count). The van der Waals surface area contributed by atoms with Gasteiger partial charge in [-0.15, -0.1) is 0 Å². The molecule has 2 N–H and O–H groups in total. The van der Waals surface area contributed by atoms with Crippen molar-refractivity contribution >= 4 is 0 Å². The Labute approximate surface area is 96.9 Å². The van der Waals surface area contributed by atoms with Crippen LogP contribution in [0.4, 0.5) is 0 Å². The maximum absolute atomic E-state index is 5.69. The van der Waals surface area contributed by atoms with Crippen LogP contribution >= 0.6 is 0 Å². The summed E-state index contributed by atoms with van der Waals surface area (Å²) < 4.78 is 0. The number of aryl methyl sites for hydroxylation is 1. The first-order chi connectivity index (χ1) is 7.79. The third kappa shape index (κ3) is 2.77. The molecule has 2 heterocycles. The van der Waals surface area contributed by atoms with Crippen molar-refractivity contribution in [3.63, 3.8) is 0 Å². The highest BCUT2D eigenvalue weighted by molar-refractivity contribution is 5.17. The van der Waals surface area contributed by atoms with Crippen molar-refractivity contribution in [3.05, 3.63) is 23.3 Å². The molecule has 1 aromatic heterocycles. The Hall–Kier alpha value is -1.00. The van der Waals surface area contributed by atoms with E-state index in [4.69, 9.17) is 5.73 Å². The average Bonchev–Trinajstić information content (AvgIpc) is 2.79. The van der Waals surface area contributed by atoms with Crippen LogP contribution in [0.5, 0.6) is 0 Å². The fourth-order valence-corrected chi connectivity index (χ4v) is 2.20. The van der Waals surface area contributed by atoms with Gasteiger partial charge in [0.2, 0.25) is 0 Å². The molecule has 0 radical (unpaired) electrons. The lowest BCUT2D eigenvalue weighted by Gasteiger charge is -2.15. The van der Waals surface area contributed by atoms with Crippen LogP contribution in [0.15, 0.2) is 6.20 Å². The van der Waals surface area contributed by atoms with E-state index >= 15 is 0 Å². The lowest BCUT2D eigenvalue weighted by Crippen LogP contribution is -2.23. The highest BCUT2D eigenvalue weighted by atomic mass is 15.1. The van der Waals surface area contributed by atoms with Gasteiger partial charge in [-0.25, -0.2) is 9.97 Å². The predicted molar refractivity (Wildman–Crippen MR) is 64.0 cm³/mol. The minimum atomic E-state index is 0.537. The van der Waals surface area contributed by atoms with Gasteiger partial charge in [0.15, 0.2) is 0 Å². The van der Waals surface area contributed by atoms with Gasteiger partial charge in [0.25, 0.3) is 0 Å². The summed E-state index contributed by atoms with van der Waals surface area (Å²) >= 11 is 0. The number of hydrogen-bond donors (Lipinski definition) is 1. The highest BCUT2D eigenvalue weighted by Crippen LogP contribution is 2.10. The van der Waals surface area contributed by atoms with Crippen LogP contribution in [-0.4, -0.2) is 34.5 Å². The van der Waals surface area contributed by atoms with Crippen molar-refractivity contribution in [2.24, 2.45) is 5.73 Å². The van der Waals surface area contributed by atoms with Gasteiger partial charge in [0.1, 0.15) is 5.82 Å². The first-order valence-electron chi connectivity index (χ1n) is 6.03. The molecule has 0 aliphatic carbocycles. The summed E-state index contributed by atoms with van der Waals surface area (Å²) in [7, 11) is 0. The van der Waals surface area contributed by atoms with E-state index in [2.05, 4.69) is 14.9 Å². The number of nitrogens with two attached hydrogens (primary N) is 1. The van der Waals surface area contributed by atoms with Gasteiger partial charge < -0.3 is 10.6 Å². The predicted octanol–water partition coefficient (Wildman–Crippen LogP) is 0.882. The lowest BCUT2D eigenvalue weighted by atomic mass is 10.1. The SMILES string of the molecule is Cc1ncc(CN)c(CCN2CCCC2)n1. The van der Waals surface area contributed by atoms with Crippen molar-refractivity contribution in [1.29, 1.82) is 0 Å². The molecule has 0 aromatic carbocycles. The molecule has 1 fully saturated rings. The minimum absolute atomic E-state index is 0.537. The molecule has 0 spiro atoms. The van der Waals surface area contributed by atoms with Crippen molar-refractivity contribution in [2.45, 2.75) is 32.7 Å². The molecule has 1 aliphatic heterocycles. The molecule has 0 bridgehead atoms. The van der Waals surface area contributed by atoms with Crippen molar-refractivity contribution in [3.8, 4) is 0 Å². The topological polar surface area (TPSA) is 55.0 Å². The summed E-state index contributed by atoms with van der Waals surface area (Å²) in [6.07, 6.45) is 5.54. The van der Waals surface area contributed by atoms with E-state index in [0.717, 1.165) is 30.0 Å². The van der Waals surface area contributed by atoms with Gasteiger partial charge in [-0.2, -0.15) is 0 Å². The van der Waals surface area contributed by atoms with Crippen molar-refractivity contribution in [1.82, 2.24) is 14.9 Å². The smallest absolute Gasteiger partial charge is 0.125 e. The van der Waals surface area contributed by atoms with Crippen molar-refractivity contribution < 1.29 is 0 Å². The van der Waals surface area contributed by atoms with E-state index in [9.17, 15) is 0 Å². The Bertz CT molecular complexity index is 345. The van der Waals surface area contributed by atoms with Crippen LogP contribution in [0.3, 0.4) is 0 Å². The Morgan fingerprint density at radius 2 is 2.12 bits per heavy atom. The summed E-state index contributed by atoms with van der Waals surface area (Å²) in [4.78, 5) is 11.2. The fourth-order valence-electron chi connectivity index (χ4n) is 2.20. The summed E-state index contributed by atoms with van der Waals surface area (Å²) in [6, 6.07) is 0. The number of likely N-dealkylation sites (tertiary alicyclic amines) is 1. The summed E-state index contributed by atoms with van der Waals surface area (Å²) in [6.45, 7) is 6.04. The van der Waals surface area contributed by atoms with Crippen molar-refractivity contribution in [2.75, 3.05) is 19.6 Å². The normalized spacial score (nSPS) is 16.9. The maximum atomic E-state index is 5.69. The van der Waals surface area contributed by atoms with Gasteiger partial charge in [-0.1, -0.05) is 0 Å². The van der Waals surface area contributed by atoms with Crippen LogP contribution in [-0.2, 0) is 13.0 Å². The average molecular weight is 220 g/mol. The second-order valence-corrected chi connectivity index (χ2v) is 4.39. The molecule has 0 atom stereocenters. The first-order valence-corrected chi connectivity index (χ1v) is 6.03. The summed E-state index contributed by atoms with van der Waals surface area (Å²) in [5.74, 6) is 0.841. The number of rotatable bonds is 4. The summed E-state index contributed by atoms with van der Waals surface area (Å²) in [5.41, 5.74) is 7.91. The van der Waals surface area contributed by atoms with E-state index in [1.807, 2.05) is 13.1 Å². The van der Waals surface area contributed by atoms with Gasteiger partial charge in [-0.05, 0) is 32.9 Å². The molecule has 0 saturated carbocycles. The monoisotopic (exact) mass is 220 g/mol. The molecular weight excluding hydrogens is 200 g/mol. The van der Waals surface area contributed by atoms with E-state index in [1.165, 1.54) is 25.9 Å². The molecule has 0 amide bonds. The van der Waals surface area contributed by atoms with Gasteiger partial charge in [-0.3, -0.25) is 0 Å². The zero-order chi connectivity index (χ0) is 11.4. The van der Waals surface area contributed by atoms with E-state index < -0.39 is 0 Å². The molecule has 0 unspecified atom stereocenters. The van der Waals surface area contributed by atoms with E-state index in [-0.39, 0.29) is 0 Å². The zero-order valence-electron chi connectivity index (χ0n) is 9.95. The zero-order valence-corrected chi connectivity index (χ0v) is 9.95. The molecule has 1 saturated heterocycles. The summed E-state index contributed by atoms with van der Waals surface area (Å²) in [5, 5.41) is 0. The largest absolute Gasteiger partial charge is 0.326 e. The van der Waals surface area contributed by atoms with E-state index in [0.29, 0.717) is 6.54 Å². The molecule has 4 heteroatoms. The molecule has 88 valence electrons. The Morgan fingerprint density at radius 3 is 2.81 bits per heavy atom. The second-order valence-electron chi connectivity index (χ2n) is 4.39. The van der Waals surface area contributed by atoms with Gasteiger partial charge >= 0.3 is 0 Å². The number of aromatic nitrogens is 2. The van der Waals surface area contributed by atoms with Crippen LogP contribution in [0.25, 0.3) is 0 Å². The lowest BCUT2D eigenvalue weighted by molar-refractivity contribution is 0.341. The number of hydrogen-bond acceptors (Lipinski definition) is 4. The van der Waals surface area contributed by atoms with Crippen LogP contribution in [0.2, 0.25) is 0 Å². The second kappa shape index (κ2) is 5.37. The third-order valence-corrected chi connectivity index (χ3v) is 3.16. The van der Waals surface area contributed by atoms with Crippen LogP contribution in [0, 0.1) is 6.92 Å².